The first kappa shape index (κ1) is 14.8. The van der Waals surface area contributed by atoms with Crippen LogP contribution in [0, 0.1) is 12.7 Å². The van der Waals surface area contributed by atoms with Gasteiger partial charge in [0.1, 0.15) is 17.1 Å². The minimum absolute atomic E-state index is 0.0933. The van der Waals surface area contributed by atoms with Gasteiger partial charge in [-0.1, -0.05) is 17.3 Å². The van der Waals surface area contributed by atoms with Gasteiger partial charge in [-0.15, -0.1) is 0 Å². The third-order valence-corrected chi connectivity index (χ3v) is 3.26. The number of rotatable bonds is 4. The molecule has 3 N–H and O–H groups in total. The molecule has 2 aromatic heterocycles. The maximum absolute atomic E-state index is 13.1. The number of nitrogens with zero attached hydrogens (tertiary/aromatic N) is 1. The summed E-state index contributed by atoms with van der Waals surface area (Å²) in [6.07, 6.45) is 0. The van der Waals surface area contributed by atoms with Gasteiger partial charge < -0.3 is 20.0 Å². The van der Waals surface area contributed by atoms with Gasteiger partial charge in [0.2, 0.25) is 5.88 Å². The molecule has 0 aliphatic carbocycles. The Kier molecular flexibility index (Phi) is 3.84. The van der Waals surface area contributed by atoms with Gasteiger partial charge in [0.15, 0.2) is 11.5 Å². The molecule has 0 aliphatic heterocycles. The Morgan fingerprint density at radius 2 is 2.17 bits per heavy atom. The number of aromatic nitrogens is 1. The molecule has 6 nitrogen and oxygen atoms in total. The molecule has 23 heavy (non-hydrogen) atoms. The van der Waals surface area contributed by atoms with Crippen molar-refractivity contribution < 1.29 is 18.1 Å². The van der Waals surface area contributed by atoms with Crippen LogP contribution in [-0.4, -0.2) is 11.1 Å². The SMILES string of the molecule is Cc1ccc(-c2noc(N)c2C(=O)NCc2cccc(F)c2)o1. The molecule has 1 amide bonds. The number of aryl methyl sites for hydroxylation is 1. The monoisotopic (exact) mass is 315 g/mol. The number of hydrogen-bond donors (Lipinski definition) is 2. The van der Waals surface area contributed by atoms with Crippen LogP contribution in [0.2, 0.25) is 0 Å². The van der Waals surface area contributed by atoms with Crippen LogP contribution in [0.4, 0.5) is 10.3 Å². The number of carbonyl (C=O) groups is 1. The first-order chi connectivity index (χ1) is 11.0. The van der Waals surface area contributed by atoms with E-state index < -0.39 is 5.91 Å². The Balaban J connectivity index is 1.81. The van der Waals surface area contributed by atoms with Crippen molar-refractivity contribution in [1.29, 1.82) is 0 Å². The van der Waals surface area contributed by atoms with Crippen molar-refractivity contribution in [1.82, 2.24) is 10.5 Å². The zero-order valence-corrected chi connectivity index (χ0v) is 12.3. The third kappa shape index (κ3) is 3.08. The zero-order chi connectivity index (χ0) is 16.4. The molecule has 0 fully saturated rings. The average Bonchev–Trinajstić information content (AvgIpc) is 3.11. The topological polar surface area (TPSA) is 94.3 Å². The molecule has 118 valence electrons. The highest BCUT2D eigenvalue weighted by Crippen LogP contribution is 2.28. The van der Waals surface area contributed by atoms with Crippen LogP contribution < -0.4 is 11.1 Å². The van der Waals surface area contributed by atoms with Crippen LogP contribution in [0.3, 0.4) is 0 Å². The van der Waals surface area contributed by atoms with Crippen LogP contribution in [0.5, 0.6) is 0 Å². The Morgan fingerprint density at radius 1 is 1.35 bits per heavy atom. The molecule has 0 saturated carbocycles. The molecule has 0 saturated heterocycles. The lowest BCUT2D eigenvalue weighted by molar-refractivity contribution is 0.0951. The first-order valence-electron chi connectivity index (χ1n) is 6.89. The number of benzene rings is 1. The van der Waals surface area contributed by atoms with Gasteiger partial charge in [-0.05, 0) is 36.8 Å². The number of anilines is 1. The summed E-state index contributed by atoms with van der Waals surface area (Å²) in [6.45, 7) is 1.93. The van der Waals surface area contributed by atoms with Gasteiger partial charge in [-0.25, -0.2) is 4.39 Å². The van der Waals surface area contributed by atoms with Gasteiger partial charge in [0, 0.05) is 6.54 Å². The Labute approximate surface area is 131 Å². The van der Waals surface area contributed by atoms with Crippen molar-refractivity contribution in [2.45, 2.75) is 13.5 Å². The molecule has 3 rings (SSSR count). The summed E-state index contributed by atoms with van der Waals surface area (Å²) in [6, 6.07) is 9.37. The number of nitrogens with one attached hydrogen (secondary N) is 1. The highest BCUT2D eigenvalue weighted by Gasteiger charge is 2.24. The molecule has 3 aromatic rings. The molecule has 0 radical (unpaired) electrons. The Morgan fingerprint density at radius 3 is 2.87 bits per heavy atom. The Hall–Kier alpha value is -3.09. The fourth-order valence-corrected chi connectivity index (χ4v) is 2.17. The summed E-state index contributed by atoms with van der Waals surface area (Å²) >= 11 is 0. The average molecular weight is 315 g/mol. The van der Waals surface area contributed by atoms with E-state index in [9.17, 15) is 9.18 Å². The third-order valence-electron chi connectivity index (χ3n) is 3.26. The quantitative estimate of drug-likeness (QED) is 0.772. The van der Waals surface area contributed by atoms with E-state index >= 15 is 0 Å². The number of hydrogen-bond acceptors (Lipinski definition) is 5. The fourth-order valence-electron chi connectivity index (χ4n) is 2.17. The van der Waals surface area contributed by atoms with Gasteiger partial charge in [-0.3, -0.25) is 4.79 Å². The number of carbonyl (C=O) groups excluding carboxylic acids is 1. The Bertz CT molecular complexity index is 854. The van der Waals surface area contributed by atoms with E-state index in [1.807, 2.05) is 0 Å². The van der Waals surface area contributed by atoms with Gasteiger partial charge >= 0.3 is 0 Å². The maximum atomic E-state index is 13.1. The number of halogens is 1. The summed E-state index contributed by atoms with van der Waals surface area (Å²) in [5.41, 5.74) is 6.64. The number of nitrogens with two attached hydrogens (primary N) is 1. The van der Waals surface area contributed by atoms with E-state index in [0.29, 0.717) is 17.1 Å². The number of furan rings is 1. The van der Waals surface area contributed by atoms with Gasteiger partial charge in [0.05, 0.1) is 0 Å². The minimum atomic E-state index is -0.475. The smallest absolute Gasteiger partial charge is 0.259 e. The highest BCUT2D eigenvalue weighted by atomic mass is 19.1. The molecule has 0 bridgehead atoms. The molecule has 1 aromatic carbocycles. The van der Waals surface area contributed by atoms with E-state index in [-0.39, 0.29) is 29.5 Å². The second-order valence-electron chi connectivity index (χ2n) is 4.99. The normalized spacial score (nSPS) is 10.7. The number of amides is 1. The van der Waals surface area contributed by atoms with E-state index in [1.165, 1.54) is 12.1 Å². The van der Waals surface area contributed by atoms with Crippen molar-refractivity contribution in [3.05, 3.63) is 59.1 Å². The van der Waals surface area contributed by atoms with Crippen molar-refractivity contribution >= 4 is 11.8 Å². The molecule has 7 heteroatoms. The van der Waals surface area contributed by atoms with Crippen LogP contribution in [0.1, 0.15) is 21.7 Å². The second kappa shape index (κ2) is 5.96. The van der Waals surface area contributed by atoms with Gasteiger partial charge in [0.25, 0.3) is 5.91 Å². The van der Waals surface area contributed by atoms with Crippen molar-refractivity contribution in [2.75, 3.05) is 5.73 Å². The second-order valence-corrected chi connectivity index (χ2v) is 4.99. The lowest BCUT2D eigenvalue weighted by atomic mass is 10.1. The van der Waals surface area contributed by atoms with E-state index in [1.54, 1.807) is 31.2 Å². The predicted molar refractivity (Wildman–Crippen MR) is 80.9 cm³/mol. The summed E-state index contributed by atoms with van der Waals surface area (Å²) in [4.78, 5) is 12.4. The fraction of sp³-hybridized carbons (Fsp3) is 0.125. The molecule has 0 spiro atoms. The molecule has 0 unspecified atom stereocenters. The lowest BCUT2D eigenvalue weighted by Gasteiger charge is -2.05. The highest BCUT2D eigenvalue weighted by molar-refractivity contribution is 6.03. The summed E-state index contributed by atoms with van der Waals surface area (Å²) in [7, 11) is 0. The molecule has 0 aliphatic rings. The zero-order valence-electron chi connectivity index (χ0n) is 12.3. The molecule has 0 atom stereocenters. The maximum Gasteiger partial charge on any atom is 0.259 e. The van der Waals surface area contributed by atoms with Crippen LogP contribution in [-0.2, 0) is 6.54 Å². The van der Waals surface area contributed by atoms with Crippen molar-refractivity contribution in [2.24, 2.45) is 0 Å². The molecular formula is C16H14FN3O3. The van der Waals surface area contributed by atoms with Crippen molar-refractivity contribution in [3.8, 4) is 11.5 Å². The first-order valence-corrected chi connectivity index (χ1v) is 6.89. The summed E-state index contributed by atoms with van der Waals surface area (Å²) in [5, 5.41) is 6.43. The van der Waals surface area contributed by atoms with E-state index in [4.69, 9.17) is 14.7 Å². The number of nitrogen functional groups attached to an aromatic ring is 1. The predicted octanol–water partition coefficient (Wildman–Crippen LogP) is 2.89. The van der Waals surface area contributed by atoms with Gasteiger partial charge in [-0.2, -0.15) is 0 Å². The van der Waals surface area contributed by atoms with Crippen LogP contribution in [0.15, 0.2) is 45.3 Å². The summed E-state index contributed by atoms with van der Waals surface area (Å²) < 4.78 is 23.5. The lowest BCUT2D eigenvalue weighted by Crippen LogP contribution is -2.23. The standard InChI is InChI=1S/C16H14FN3O3/c1-9-5-6-12(22-9)14-13(15(18)23-20-14)16(21)19-8-10-3-2-4-11(17)7-10/h2-7H,8,18H2,1H3,(H,19,21). The largest absolute Gasteiger partial charge is 0.460 e. The minimum Gasteiger partial charge on any atom is -0.460 e. The van der Waals surface area contributed by atoms with Crippen LogP contribution in [0.25, 0.3) is 11.5 Å². The van der Waals surface area contributed by atoms with E-state index in [2.05, 4.69) is 10.5 Å². The van der Waals surface area contributed by atoms with E-state index in [0.717, 1.165) is 0 Å². The summed E-state index contributed by atoms with van der Waals surface area (Å²) in [5.74, 6) is 0.113. The molecular weight excluding hydrogens is 301 g/mol. The molecule has 2 heterocycles. The van der Waals surface area contributed by atoms with Crippen LogP contribution >= 0.6 is 0 Å². The van der Waals surface area contributed by atoms with Crippen molar-refractivity contribution in [3.63, 3.8) is 0 Å².